The highest BCUT2D eigenvalue weighted by molar-refractivity contribution is 7.96. The molecule has 1 aromatic heterocycles. The van der Waals surface area contributed by atoms with Gasteiger partial charge in [0.15, 0.2) is 0 Å². The molecule has 0 bridgehead atoms. The molecule has 0 atom stereocenters. The maximum atomic E-state index is 10.4. The summed E-state index contributed by atoms with van der Waals surface area (Å²) in [5.41, 5.74) is 7.30. The fourth-order valence-corrected chi connectivity index (χ4v) is 2.26. The molecule has 0 aliphatic carbocycles. The number of primary amides is 1. The van der Waals surface area contributed by atoms with Gasteiger partial charge in [-0.25, -0.2) is 4.98 Å². The standard InChI is InChI=1S/C7H5NS.C5H11NOS.CH3NOS/c1-2-4-7-6(3-1)8-5-9-7;1-3-6(4-2)5(7)8;2-1(3)4/h1-5H;3-4H2,1-2H3,(H,7,8);(H3,2,3,4). The van der Waals surface area contributed by atoms with E-state index in [4.69, 9.17) is 4.79 Å². The van der Waals surface area contributed by atoms with E-state index in [0.717, 1.165) is 18.6 Å². The number of fused-ring (bicyclic) bond motifs is 1. The number of hydrogen-bond acceptors (Lipinski definition) is 4. The van der Waals surface area contributed by atoms with E-state index in [9.17, 15) is 4.79 Å². The van der Waals surface area contributed by atoms with Crippen molar-refractivity contribution in [2.24, 2.45) is 5.73 Å². The number of thiol groups is 2. The van der Waals surface area contributed by atoms with E-state index in [1.54, 1.807) is 16.2 Å². The van der Waals surface area contributed by atoms with Crippen LogP contribution in [0.5, 0.6) is 0 Å². The third kappa shape index (κ3) is 9.33. The normalized spacial score (nSPS) is 8.95. The van der Waals surface area contributed by atoms with Crippen molar-refractivity contribution in [2.75, 3.05) is 13.1 Å². The maximum Gasteiger partial charge on any atom is 0.278 e. The quantitative estimate of drug-likeness (QED) is 0.727. The van der Waals surface area contributed by atoms with Crippen molar-refractivity contribution in [2.45, 2.75) is 13.8 Å². The molecule has 1 aromatic carbocycles. The minimum absolute atomic E-state index is 0.144. The number of rotatable bonds is 2. The fourth-order valence-electron chi connectivity index (χ4n) is 1.30. The Kier molecular flexibility index (Phi) is 10.7. The van der Waals surface area contributed by atoms with Gasteiger partial charge >= 0.3 is 0 Å². The van der Waals surface area contributed by atoms with Crippen LogP contribution < -0.4 is 5.73 Å². The van der Waals surface area contributed by atoms with Crippen LogP contribution in [-0.2, 0) is 0 Å². The van der Waals surface area contributed by atoms with Crippen molar-refractivity contribution in [3.05, 3.63) is 29.8 Å². The van der Waals surface area contributed by atoms with Crippen LogP contribution in [0.2, 0.25) is 0 Å². The van der Waals surface area contributed by atoms with E-state index < -0.39 is 5.24 Å². The SMILES string of the molecule is CCN(CC)C(=O)S.NC(=O)S.c1ccc2scnc2c1. The highest BCUT2D eigenvalue weighted by Gasteiger charge is 2.00. The Morgan fingerprint density at radius 1 is 1.24 bits per heavy atom. The van der Waals surface area contributed by atoms with Crippen molar-refractivity contribution < 1.29 is 9.59 Å². The smallest absolute Gasteiger partial charge is 0.278 e. The number of para-hydroxylation sites is 1. The van der Waals surface area contributed by atoms with E-state index in [1.807, 2.05) is 37.6 Å². The van der Waals surface area contributed by atoms with E-state index >= 15 is 0 Å². The monoisotopic (exact) mass is 345 g/mol. The summed E-state index contributed by atoms with van der Waals surface area (Å²) in [5, 5.41) is -0.782. The molecule has 21 heavy (non-hydrogen) atoms. The number of amides is 2. The van der Waals surface area contributed by atoms with E-state index in [2.05, 4.69) is 42.0 Å². The first-order chi connectivity index (χ1) is 9.92. The zero-order valence-electron chi connectivity index (χ0n) is 11.9. The van der Waals surface area contributed by atoms with Gasteiger partial charge in [-0.1, -0.05) is 37.4 Å². The maximum absolute atomic E-state index is 10.4. The van der Waals surface area contributed by atoms with Crippen LogP contribution in [0.15, 0.2) is 29.8 Å². The Morgan fingerprint density at radius 2 is 1.76 bits per heavy atom. The molecule has 1 heterocycles. The van der Waals surface area contributed by atoms with Crippen molar-refractivity contribution in [1.82, 2.24) is 9.88 Å². The summed E-state index contributed by atoms with van der Waals surface area (Å²) in [6.45, 7) is 5.35. The summed E-state index contributed by atoms with van der Waals surface area (Å²) in [7, 11) is 0. The van der Waals surface area contributed by atoms with Crippen molar-refractivity contribution in [3.63, 3.8) is 0 Å². The molecule has 0 aliphatic rings. The molecule has 5 nitrogen and oxygen atoms in total. The lowest BCUT2D eigenvalue weighted by molar-refractivity contribution is 0.229. The zero-order chi connectivity index (χ0) is 16.3. The molecule has 2 amide bonds. The summed E-state index contributed by atoms with van der Waals surface area (Å²) in [6, 6.07) is 8.13. The molecular formula is C13H19N3O2S3. The minimum Gasteiger partial charge on any atom is -0.361 e. The van der Waals surface area contributed by atoms with Crippen LogP contribution in [0.25, 0.3) is 10.2 Å². The van der Waals surface area contributed by atoms with Gasteiger partial charge in [0.05, 0.1) is 15.7 Å². The predicted molar refractivity (Wildman–Crippen MR) is 95.5 cm³/mol. The summed E-state index contributed by atoms with van der Waals surface area (Å²) >= 11 is 8.42. The number of benzene rings is 1. The number of aromatic nitrogens is 1. The molecule has 0 saturated carbocycles. The second-order valence-corrected chi connectivity index (χ2v) is 5.32. The van der Waals surface area contributed by atoms with Gasteiger partial charge in [0, 0.05) is 13.1 Å². The van der Waals surface area contributed by atoms with Gasteiger partial charge in [-0.05, 0) is 26.0 Å². The molecule has 0 fully saturated rings. The Hall–Kier alpha value is -1.25. The highest BCUT2D eigenvalue weighted by Crippen LogP contribution is 2.15. The summed E-state index contributed by atoms with van der Waals surface area (Å²) in [4.78, 5) is 25.3. The molecule has 2 rings (SSSR count). The molecular weight excluding hydrogens is 326 g/mol. The van der Waals surface area contributed by atoms with Gasteiger partial charge in [0.25, 0.3) is 10.5 Å². The highest BCUT2D eigenvalue weighted by atomic mass is 32.1. The second-order valence-electron chi connectivity index (χ2n) is 3.61. The van der Waals surface area contributed by atoms with E-state index in [-0.39, 0.29) is 5.24 Å². The average molecular weight is 346 g/mol. The summed E-state index contributed by atoms with van der Waals surface area (Å²) < 4.78 is 1.26. The molecule has 0 saturated heterocycles. The molecule has 8 heteroatoms. The Balaban J connectivity index is 0.000000310. The minimum atomic E-state index is -0.639. The summed E-state index contributed by atoms with van der Waals surface area (Å²) in [6.07, 6.45) is 0. The van der Waals surface area contributed by atoms with Crippen LogP contribution in [0.1, 0.15) is 13.8 Å². The van der Waals surface area contributed by atoms with Crippen LogP contribution in [0.3, 0.4) is 0 Å². The van der Waals surface area contributed by atoms with E-state index in [0.29, 0.717) is 0 Å². The lowest BCUT2D eigenvalue weighted by atomic mass is 10.3. The van der Waals surface area contributed by atoms with Gasteiger partial charge in [0.2, 0.25) is 0 Å². The number of carbonyl (C=O) groups is 2. The third-order valence-corrected chi connectivity index (χ3v) is 3.36. The van der Waals surface area contributed by atoms with Gasteiger partial charge in [-0.2, -0.15) is 0 Å². The fraction of sp³-hybridized carbons (Fsp3) is 0.308. The largest absolute Gasteiger partial charge is 0.361 e. The third-order valence-electron chi connectivity index (χ3n) is 2.27. The van der Waals surface area contributed by atoms with Crippen LogP contribution in [-0.4, -0.2) is 33.5 Å². The number of nitrogens with zero attached hydrogens (tertiary/aromatic N) is 2. The van der Waals surface area contributed by atoms with Crippen molar-refractivity contribution >= 4 is 57.3 Å². The first kappa shape index (κ1) is 19.8. The first-order valence-corrected chi connectivity index (χ1v) is 7.94. The number of carbonyl (C=O) groups excluding carboxylic acids is 2. The molecule has 0 spiro atoms. The Morgan fingerprint density at radius 3 is 2.14 bits per heavy atom. The topological polar surface area (TPSA) is 76.3 Å². The van der Waals surface area contributed by atoms with Crippen LogP contribution in [0, 0.1) is 0 Å². The second kappa shape index (κ2) is 11.4. The number of hydrogen-bond donors (Lipinski definition) is 3. The first-order valence-electron chi connectivity index (χ1n) is 6.16. The van der Waals surface area contributed by atoms with Gasteiger partial charge in [-0.3, -0.25) is 9.59 Å². The molecule has 0 aliphatic heterocycles. The molecule has 116 valence electrons. The van der Waals surface area contributed by atoms with Crippen LogP contribution >= 0.6 is 36.6 Å². The Labute approximate surface area is 139 Å². The predicted octanol–water partition coefficient (Wildman–Crippen LogP) is 3.67. The molecule has 2 aromatic rings. The zero-order valence-corrected chi connectivity index (χ0v) is 14.5. The number of thiazole rings is 1. The van der Waals surface area contributed by atoms with E-state index in [1.165, 1.54) is 4.70 Å². The van der Waals surface area contributed by atoms with Gasteiger partial charge < -0.3 is 10.6 Å². The lowest BCUT2D eigenvalue weighted by Gasteiger charge is -2.13. The molecule has 0 radical (unpaired) electrons. The molecule has 2 N–H and O–H groups in total. The van der Waals surface area contributed by atoms with Crippen molar-refractivity contribution in [1.29, 1.82) is 0 Å². The average Bonchev–Trinajstić information content (AvgIpc) is 2.88. The lowest BCUT2D eigenvalue weighted by Crippen LogP contribution is -2.24. The van der Waals surface area contributed by atoms with Gasteiger partial charge in [0.1, 0.15) is 0 Å². The summed E-state index contributed by atoms with van der Waals surface area (Å²) in [5.74, 6) is 0. The van der Waals surface area contributed by atoms with Crippen LogP contribution in [0.4, 0.5) is 9.59 Å². The van der Waals surface area contributed by atoms with Gasteiger partial charge in [-0.15, -0.1) is 11.3 Å². The van der Waals surface area contributed by atoms with Crippen molar-refractivity contribution in [3.8, 4) is 0 Å². The molecule has 0 unspecified atom stereocenters. The Bertz CT molecular complexity index is 522. The number of nitrogens with two attached hydrogens (primary N) is 1.